The lowest BCUT2D eigenvalue weighted by molar-refractivity contribution is 0.185. The summed E-state index contributed by atoms with van der Waals surface area (Å²) in [6.45, 7) is 4.93. The minimum absolute atomic E-state index is 0.538. The summed E-state index contributed by atoms with van der Waals surface area (Å²) in [5.74, 6) is 0.538. The van der Waals surface area contributed by atoms with Crippen molar-refractivity contribution in [2.45, 2.75) is 26.4 Å². The van der Waals surface area contributed by atoms with E-state index in [1.165, 1.54) is 5.56 Å². The van der Waals surface area contributed by atoms with E-state index in [0.717, 1.165) is 11.3 Å². The highest BCUT2D eigenvalue weighted by Gasteiger charge is 2.03. The molecule has 2 heteroatoms. The second-order valence-electron chi connectivity index (χ2n) is 3.55. The molecule has 2 N–H and O–H groups in total. The third-order valence-electron chi connectivity index (χ3n) is 2.13. The number of nitrogens with two attached hydrogens (primary N) is 1. The fourth-order valence-electron chi connectivity index (χ4n) is 1.27. The van der Waals surface area contributed by atoms with Crippen LogP contribution in [-0.2, 0) is 11.3 Å². The van der Waals surface area contributed by atoms with Gasteiger partial charge in [0.1, 0.15) is 0 Å². The molecule has 0 bridgehead atoms. The lowest BCUT2D eigenvalue weighted by Crippen LogP contribution is -1.98. The minimum atomic E-state index is 0.538. The fraction of sp³-hybridized carbons (Fsp3) is 0.455. The van der Waals surface area contributed by atoms with Crippen LogP contribution in [0.1, 0.15) is 30.9 Å². The summed E-state index contributed by atoms with van der Waals surface area (Å²) < 4.78 is 5.06. The van der Waals surface area contributed by atoms with Gasteiger partial charge in [-0.1, -0.05) is 26.0 Å². The van der Waals surface area contributed by atoms with E-state index in [9.17, 15) is 0 Å². The van der Waals surface area contributed by atoms with Crippen molar-refractivity contribution in [2.75, 3.05) is 12.8 Å². The molecule has 1 aromatic rings. The number of anilines is 1. The summed E-state index contributed by atoms with van der Waals surface area (Å²) in [5, 5.41) is 0. The number of ether oxygens (including phenoxy) is 1. The van der Waals surface area contributed by atoms with Gasteiger partial charge in [-0.3, -0.25) is 0 Å². The van der Waals surface area contributed by atoms with Crippen LogP contribution in [0, 0.1) is 0 Å². The third kappa shape index (κ3) is 2.46. The van der Waals surface area contributed by atoms with Crippen LogP contribution in [0.25, 0.3) is 0 Å². The van der Waals surface area contributed by atoms with Crippen molar-refractivity contribution in [2.24, 2.45) is 0 Å². The Bertz CT molecular complexity index is 281. The van der Waals surface area contributed by atoms with Crippen LogP contribution in [0.3, 0.4) is 0 Å². The topological polar surface area (TPSA) is 35.2 Å². The molecule has 0 spiro atoms. The maximum atomic E-state index is 5.80. The van der Waals surface area contributed by atoms with E-state index >= 15 is 0 Å². The summed E-state index contributed by atoms with van der Waals surface area (Å²) in [5.41, 5.74) is 8.99. The van der Waals surface area contributed by atoms with E-state index < -0.39 is 0 Å². The lowest BCUT2D eigenvalue weighted by Gasteiger charge is -2.10. The number of rotatable bonds is 3. The van der Waals surface area contributed by atoms with Gasteiger partial charge >= 0.3 is 0 Å². The first kappa shape index (κ1) is 10.1. The Balaban J connectivity index is 2.97. The van der Waals surface area contributed by atoms with Gasteiger partial charge in [-0.25, -0.2) is 0 Å². The monoisotopic (exact) mass is 179 g/mol. The van der Waals surface area contributed by atoms with E-state index in [-0.39, 0.29) is 0 Å². The fourth-order valence-corrected chi connectivity index (χ4v) is 1.27. The molecule has 1 rings (SSSR count). The molecule has 0 saturated carbocycles. The first-order chi connectivity index (χ1) is 6.15. The highest BCUT2D eigenvalue weighted by Crippen LogP contribution is 2.20. The van der Waals surface area contributed by atoms with Crippen molar-refractivity contribution >= 4 is 5.69 Å². The molecule has 0 atom stereocenters. The van der Waals surface area contributed by atoms with Gasteiger partial charge in [-0.15, -0.1) is 0 Å². The van der Waals surface area contributed by atoms with E-state index in [1.54, 1.807) is 7.11 Å². The molecule has 0 saturated heterocycles. The van der Waals surface area contributed by atoms with Crippen LogP contribution in [0.2, 0.25) is 0 Å². The maximum absolute atomic E-state index is 5.80. The number of hydrogen-bond donors (Lipinski definition) is 1. The van der Waals surface area contributed by atoms with Gasteiger partial charge in [-0.05, 0) is 17.5 Å². The Kier molecular flexibility index (Phi) is 3.32. The van der Waals surface area contributed by atoms with Crippen LogP contribution in [0.15, 0.2) is 18.2 Å². The van der Waals surface area contributed by atoms with Crippen LogP contribution < -0.4 is 5.73 Å². The molecule has 0 heterocycles. The quantitative estimate of drug-likeness (QED) is 0.724. The Morgan fingerprint density at radius 1 is 1.38 bits per heavy atom. The van der Waals surface area contributed by atoms with Gasteiger partial charge in [0.25, 0.3) is 0 Å². The van der Waals surface area contributed by atoms with Crippen LogP contribution in [0.4, 0.5) is 5.69 Å². The Morgan fingerprint density at radius 2 is 2.08 bits per heavy atom. The predicted molar refractivity (Wildman–Crippen MR) is 55.7 cm³/mol. The van der Waals surface area contributed by atoms with Gasteiger partial charge in [0.2, 0.25) is 0 Å². The molecule has 1 aromatic carbocycles. The molecular weight excluding hydrogens is 162 g/mol. The molecule has 2 nitrogen and oxygen atoms in total. The molecule has 0 aliphatic carbocycles. The first-order valence-electron chi connectivity index (χ1n) is 4.52. The SMILES string of the molecule is COCc1cc(C(C)C)ccc1N. The average molecular weight is 179 g/mol. The summed E-state index contributed by atoms with van der Waals surface area (Å²) in [4.78, 5) is 0. The molecule has 0 aromatic heterocycles. The standard InChI is InChI=1S/C11H17NO/c1-8(2)9-4-5-11(12)10(6-9)7-13-3/h4-6,8H,7,12H2,1-3H3. The normalized spacial score (nSPS) is 10.8. The van der Waals surface area contributed by atoms with Crippen molar-refractivity contribution in [3.8, 4) is 0 Å². The van der Waals surface area contributed by atoms with Crippen LogP contribution in [-0.4, -0.2) is 7.11 Å². The molecule has 0 unspecified atom stereocenters. The predicted octanol–water partition coefficient (Wildman–Crippen LogP) is 2.54. The van der Waals surface area contributed by atoms with Gasteiger partial charge in [0, 0.05) is 18.4 Å². The van der Waals surface area contributed by atoms with Gasteiger partial charge < -0.3 is 10.5 Å². The van der Waals surface area contributed by atoms with Gasteiger partial charge in [-0.2, -0.15) is 0 Å². The van der Waals surface area contributed by atoms with Crippen molar-refractivity contribution in [1.29, 1.82) is 0 Å². The van der Waals surface area contributed by atoms with Crippen molar-refractivity contribution in [3.05, 3.63) is 29.3 Å². The van der Waals surface area contributed by atoms with E-state index in [4.69, 9.17) is 10.5 Å². The molecular formula is C11H17NO. The molecule has 72 valence electrons. The second kappa shape index (κ2) is 4.28. The minimum Gasteiger partial charge on any atom is -0.398 e. The number of benzene rings is 1. The zero-order valence-electron chi connectivity index (χ0n) is 8.50. The van der Waals surface area contributed by atoms with Crippen LogP contribution >= 0.6 is 0 Å². The van der Waals surface area contributed by atoms with E-state index in [1.807, 2.05) is 6.07 Å². The summed E-state index contributed by atoms with van der Waals surface area (Å²) in [6, 6.07) is 6.13. The summed E-state index contributed by atoms with van der Waals surface area (Å²) in [7, 11) is 1.68. The molecule has 0 fully saturated rings. The summed E-state index contributed by atoms with van der Waals surface area (Å²) in [6.07, 6.45) is 0. The molecule has 0 amide bonds. The third-order valence-corrected chi connectivity index (χ3v) is 2.13. The molecule has 0 aliphatic rings. The molecule has 0 aliphatic heterocycles. The highest BCUT2D eigenvalue weighted by atomic mass is 16.5. The first-order valence-corrected chi connectivity index (χ1v) is 4.52. The van der Waals surface area contributed by atoms with E-state index in [0.29, 0.717) is 12.5 Å². The molecule has 0 radical (unpaired) electrons. The van der Waals surface area contributed by atoms with Crippen LogP contribution in [0.5, 0.6) is 0 Å². The zero-order valence-corrected chi connectivity index (χ0v) is 8.50. The number of nitrogen functional groups attached to an aromatic ring is 1. The number of hydrogen-bond acceptors (Lipinski definition) is 2. The lowest BCUT2D eigenvalue weighted by atomic mass is 10.0. The van der Waals surface area contributed by atoms with Crippen molar-refractivity contribution in [1.82, 2.24) is 0 Å². The van der Waals surface area contributed by atoms with Crippen molar-refractivity contribution in [3.63, 3.8) is 0 Å². The highest BCUT2D eigenvalue weighted by molar-refractivity contribution is 5.48. The van der Waals surface area contributed by atoms with E-state index in [2.05, 4.69) is 26.0 Å². The van der Waals surface area contributed by atoms with Crippen molar-refractivity contribution < 1.29 is 4.74 Å². The smallest absolute Gasteiger partial charge is 0.0733 e. The largest absolute Gasteiger partial charge is 0.398 e. The number of methoxy groups -OCH3 is 1. The second-order valence-corrected chi connectivity index (χ2v) is 3.55. The maximum Gasteiger partial charge on any atom is 0.0733 e. The van der Waals surface area contributed by atoms with Gasteiger partial charge in [0.05, 0.1) is 6.61 Å². The Labute approximate surface area is 79.7 Å². The Hall–Kier alpha value is -1.02. The zero-order chi connectivity index (χ0) is 9.84. The Morgan fingerprint density at radius 3 is 2.62 bits per heavy atom. The van der Waals surface area contributed by atoms with Gasteiger partial charge in [0.15, 0.2) is 0 Å². The average Bonchev–Trinajstić information content (AvgIpc) is 2.08. The summed E-state index contributed by atoms with van der Waals surface area (Å²) >= 11 is 0. The molecule has 13 heavy (non-hydrogen) atoms.